The third kappa shape index (κ3) is 4.53. The van der Waals surface area contributed by atoms with E-state index in [0.717, 1.165) is 4.47 Å². The quantitative estimate of drug-likeness (QED) is 0.258. The molecule has 0 N–H and O–H groups in total. The molecule has 156 valence electrons. The van der Waals surface area contributed by atoms with Gasteiger partial charge in [-0.1, -0.05) is 35.5 Å². The molecule has 0 aliphatic rings. The van der Waals surface area contributed by atoms with Gasteiger partial charge < -0.3 is 9.47 Å². The fraction of sp³-hybridized carbons (Fsp3) is 0.190. The SMILES string of the molecule is C=CCOc1c(OC)cc(C=Nn2c(CC)nc3ccc(Br)cc3c2=O)c(Br)c1Br. The van der Waals surface area contributed by atoms with Crippen molar-refractivity contribution in [1.82, 2.24) is 9.66 Å². The standard InChI is InChI=1S/C21H18Br3N3O3/c1-4-8-30-20-16(29-3)9-12(18(23)19(20)24)11-25-27-17(5-2)26-15-7-6-13(22)10-14(15)21(27)28/h4,6-7,9-11H,1,5,8H2,2-3H3. The molecule has 0 spiro atoms. The van der Waals surface area contributed by atoms with E-state index in [1.807, 2.05) is 19.1 Å². The van der Waals surface area contributed by atoms with Crippen LogP contribution in [0.25, 0.3) is 10.9 Å². The van der Waals surface area contributed by atoms with E-state index in [1.54, 1.807) is 31.5 Å². The molecular weight excluding hydrogens is 582 g/mol. The van der Waals surface area contributed by atoms with Crippen molar-refractivity contribution < 1.29 is 9.47 Å². The molecule has 6 nitrogen and oxygen atoms in total. The van der Waals surface area contributed by atoms with Gasteiger partial charge in [-0.25, -0.2) is 4.98 Å². The normalized spacial score (nSPS) is 11.2. The van der Waals surface area contributed by atoms with Crippen LogP contribution in [0.5, 0.6) is 11.5 Å². The zero-order valence-electron chi connectivity index (χ0n) is 16.3. The molecule has 1 heterocycles. The summed E-state index contributed by atoms with van der Waals surface area (Å²) in [5.74, 6) is 1.64. The molecule has 9 heteroatoms. The van der Waals surface area contributed by atoms with Crippen molar-refractivity contribution in [2.24, 2.45) is 5.10 Å². The van der Waals surface area contributed by atoms with Gasteiger partial charge in [0, 0.05) is 20.9 Å². The minimum absolute atomic E-state index is 0.234. The fourth-order valence-electron chi connectivity index (χ4n) is 2.79. The Balaban J connectivity index is 2.12. The van der Waals surface area contributed by atoms with Crippen LogP contribution in [-0.2, 0) is 6.42 Å². The van der Waals surface area contributed by atoms with Crippen molar-refractivity contribution in [3.05, 3.63) is 72.1 Å². The Labute approximate surface area is 199 Å². The van der Waals surface area contributed by atoms with Gasteiger partial charge in [0.1, 0.15) is 12.4 Å². The van der Waals surface area contributed by atoms with Crippen LogP contribution in [0.4, 0.5) is 0 Å². The number of ether oxygens (including phenoxy) is 2. The third-order valence-electron chi connectivity index (χ3n) is 4.23. The second-order valence-corrected chi connectivity index (χ2v) is 8.63. The smallest absolute Gasteiger partial charge is 0.282 e. The second-order valence-electron chi connectivity index (χ2n) is 6.13. The van der Waals surface area contributed by atoms with E-state index in [-0.39, 0.29) is 5.56 Å². The van der Waals surface area contributed by atoms with Crippen LogP contribution in [0, 0.1) is 0 Å². The highest BCUT2D eigenvalue weighted by Crippen LogP contribution is 2.42. The summed E-state index contributed by atoms with van der Waals surface area (Å²) in [5, 5.41) is 4.92. The average molecular weight is 600 g/mol. The van der Waals surface area contributed by atoms with E-state index in [0.29, 0.717) is 55.8 Å². The maximum absolute atomic E-state index is 13.0. The number of aryl methyl sites for hydroxylation is 1. The first-order valence-electron chi connectivity index (χ1n) is 8.96. The summed E-state index contributed by atoms with van der Waals surface area (Å²) < 4.78 is 14.7. The molecule has 0 unspecified atom stereocenters. The molecule has 0 saturated heterocycles. The molecule has 3 rings (SSSR count). The number of nitrogens with zero attached hydrogens (tertiary/aromatic N) is 3. The minimum Gasteiger partial charge on any atom is -0.493 e. The number of halogens is 3. The molecule has 0 amide bonds. The monoisotopic (exact) mass is 597 g/mol. The molecule has 0 saturated carbocycles. The van der Waals surface area contributed by atoms with E-state index >= 15 is 0 Å². The highest BCUT2D eigenvalue weighted by Gasteiger charge is 2.17. The number of methoxy groups -OCH3 is 1. The van der Waals surface area contributed by atoms with Gasteiger partial charge in [-0.2, -0.15) is 9.78 Å². The Morgan fingerprint density at radius 3 is 2.67 bits per heavy atom. The lowest BCUT2D eigenvalue weighted by molar-refractivity contribution is 0.324. The molecule has 30 heavy (non-hydrogen) atoms. The molecule has 0 radical (unpaired) electrons. The third-order valence-corrected chi connectivity index (χ3v) is 6.86. The number of aromatic nitrogens is 2. The fourth-order valence-corrected chi connectivity index (χ4v) is 4.09. The van der Waals surface area contributed by atoms with Gasteiger partial charge >= 0.3 is 0 Å². The molecule has 0 aliphatic heterocycles. The van der Waals surface area contributed by atoms with Crippen molar-refractivity contribution in [3.63, 3.8) is 0 Å². The van der Waals surface area contributed by atoms with E-state index < -0.39 is 0 Å². The van der Waals surface area contributed by atoms with Crippen LogP contribution < -0.4 is 15.0 Å². The van der Waals surface area contributed by atoms with Gasteiger partial charge in [0.25, 0.3) is 5.56 Å². The zero-order valence-corrected chi connectivity index (χ0v) is 21.0. The summed E-state index contributed by atoms with van der Waals surface area (Å²) in [6.07, 6.45) is 3.79. The molecule has 1 aromatic heterocycles. The topological polar surface area (TPSA) is 65.7 Å². The van der Waals surface area contributed by atoms with Gasteiger partial charge in [0.15, 0.2) is 11.5 Å². The van der Waals surface area contributed by atoms with Crippen LogP contribution in [-0.4, -0.2) is 29.6 Å². The first-order chi connectivity index (χ1) is 14.4. The largest absolute Gasteiger partial charge is 0.493 e. The predicted molar refractivity (Wildman–Crippen MR) is 130 cm³/mol. The van der Waals surface area contributed by atoms with Crippen LogP contribution in [0.2, 0.25) is 0 Å². The molecule has 2 aromatic carbocycles. The molecule has 0 bridgehead atoms. The summed E-state index contributed by atoms with van der Waals surface area (Å²) in [7, 11) is 1.56. The first-order valence-corrected chi connectivity index (χ1v) is 11.3. The summed E-state index contributed by atoms with van der Waals surface area (Å²) in [5.41, 5.74) is 1.11. The maximum Gasteiger partial charge on any atom is 0.282 e. The average Bonchev–Trinajstić information content (AvgIpc) is 2.75. The Morgan fingerprint density at radius 2 is 2.00 bits per heavy atom. The summed E-state index contributed by atoms with van der Waals surface area (Å²) in [6, 6.07) is 7.20. The number of benzene rings is 2. The lowest BCUT2D eigenvalue weighted by Crippen LogP contribution is -2.22. The highest BCUT2D eigenvalue weighted by atomic mass is 79.9. The number of fused-ring (bicyclic) bond motifs is 1. The Kier molecular flexibility index (Phi) is 7.49. The zero-order chi connectivity index (χ0) is 21.8. The maximum atomic E-state index is 13.0. The highest BCUT2D eigenvalue weighted by molar-refractivity contribution is 9.13. The van der Waals surface area contributed by atoms with Crippen molar-refractivity contribution in [1.29, 1.82) is 0 Å². The van der Waals surface area contributed by atoms with E-state index in [1.165, 1.54) is 4.68 Å². The Bertz CT molecular complexity index is 1210. The van der Waals surface area contributed by atoms with Crippen molar-refractivity contribution >= 4 is 64.9 Å². The van der Waals surface area contributed by atoms with Crippen LogP contribution >= 0.6 is 47.8 Å². The van der Waals surface area contributed by atoms with E-state index in [9.17, 15) is 4.79 Å². The summed E-state index contributed by atoms with van der Waals surface area (Å²) >= 11 is 10.5. The van der Waals surface area contributed by atoms with E-state index in [2.05, 4.69) is 64.5 Å². The predicted octanol–water partition coefficient (Wildman–Crippen LogP) is 5.70. The molecule has 0 atom stereocenters. The minimum atomic E-state index is -0.234. The Hall–Kier alpha value is -1.97. The van der Waals surface area contributed by atoms with Gasteiger partial charge in [-0.05, 0) is 56.1 Å². The van der Waals surface area contributed by atoms with Crippen LogP contribution in [0.3, 0.4) is 0 Å². The molecule has 3 aromatic rings. The lowest BCUT2D eigenvalue weighted by atomic mass is 10.2. The first kappa shape index (κ1) is 22.7. The molecule has 0 fully saturated rings. The number of rotatable bonds is 7. The summed E-state index contributed by atoms with van der Waals surface area (Å²) in [6.45, 7) is 5.93. The van der Waals surface area contributed by atoms with Crippen molar-refractivity contribution in [2.75, 3.05) is 13.7 Å². The van der Waals surface area contributed by atoms with E-state index in [4.69, 9.17) is 9.47 Å². The van der Waals surface area contributed by atoms with Crippen LogP contribution in [0.1, 0.15) is 18.3 Å². The number of hydrogen-bond acceptors (Lipinski definition) is 5. The van der Waals surface area contributed by atoms with Crippen molar-refractivity contribution in [2.45, 2.75) is 13.3 Å². The molecule has 0 aliphatic carbocycles. The number of hydrogen-bond donors (Lipinski definition) is 0. The lowest BCUT2D eigenvalue weighted by Gasteiger charge is -2.14. The summed E-state index contributed by atoms with van der Waals surface area (Å²) in [4.78, 5) is 17.6. The second kappa shape index (κ2) is 9.89. The van der Waals surface area contributed by atoms with Crippen LogP contribution in [0.15, 0.2) is 60.2 Å². The van der Waals surface area contributed by atoms with Gasteiger partial charge in [0.05, 0.1) is 28.7 Å². The molecular formula is C21H18Br3N3O3. The van der Waals surface area contributed by atoms with Crippen molar-refractivity contribution in [3.8, 4) is 11.5 Å². The van der Waals surface area contributed by atoms with Gasteiger partial charge in [-0.3, -0.25) is 4.79 Å². The van der Waals surface area contributed by atoms with Gasteiger partial charge in [0.2, 0.25) is 0 Å². The Morgan fingerprint density at radius 1 is 1.23 bits per heavy atom. The van der Waals surface area contributed by atoms with Gasteiger partial charge in [-0.15, -0.1) is 0 Å².